The molecule has 1 aliphatic rings. The maximum Gasteiger partial charge on any atom is 0.347 e. The number of hydrogen-bond acceptors (Lipinski definition) is 3. The van der Waals surface area contributed by atoms with Crippen molar-refractivity contribution in [3.63, 3.8) is 0 Å². The Bertz CT molecular complexity index is 907. The second-order valence-corrected chi connectivity index (χ2v) is 5.71. The molecule has 3 aromatic rings. The average Bonchev–Trinajstić information content (AvgIpc) is 2.88. The van der Waals surface area contributed by atoms with Crippen LogP contribution >= 0.6 is 0 Å². The molecule has 1 atom stereocenters. The van der Waals surface area contributed by atoms with Crippen LogP contribution in [0.2, 0.25) is 0 Å². The first-order chi connectivity index (χ1) is 11.2. The van der Waals surface area contributed by atoms with Gasteiger partial charge in [-0.15, -0.1) is 0 Å². The summed E-state index contributed by atoms with van der Waals surface area (Å²) in [6, 6.07) is 21.9. The third-order valence-electron chi connectivity index (χ3n) is 4.36. The van der Waals surface area contributed by atoms with Crippen molar-refractivity contribution in [2.75, 3.05) is 16.8 Å². The highest BCUT2D eigenvalue weighted by Gasteiger charge is 2.39. The summed E-state index contributed by atoms with van der Waals surface area (Å²) >= 11 is 0. The van der Waals surface area contributed by atoms with E-state index in [4.69, 9.17) is 0 Å². The third kappa shape index (κ3) is 2.03. The Labute approximate surface area is 134 Å². The molecule has 4 heteroatoms. The van der Waals surface area contributed by atoms with E-state index in [9.17, 15) is 9.90 Å². The average molecular weight is 304 g/mol. The molecule has 1 unspecified atom stereocenters. The minimum absolute atomic E-state index is 0.742. The highest BCUT2D eigenvalue weighted by molar-refractivity contribution is 5.96. The van der Waals surface area contributed by atoms with Gasteiger partial charge in [-0.2, -0.15) is 0 Å². The molecular formula is C19H16N2O2. The van der Waals surface area contributed by atoms with E-state index in [2.05, 4.69) is 6.07 Å². The molecule has 0 amide bonds. The fraction of sp³-hybridized carbons (Fsp3) is 0.105. The molecule has 4 rings (SSSR count). The molecule has 3 aromatic carbocycles. The van der Waals surface area contributed by atoms with Crippen molar-refractivity contribution in [1.82, 2.24) is 0 Å². The Morgan fingerprint density at radius 3 is 2.30 bits per heavy atom. The second kappa shape index (κ2) is 5.02. The molecule has 1 aliphatic heterocycles. The Kier molecular flexibility index (Phi) is 2.98. The minimum Gasteiger partial charge on any atom is -0.478 e. The zero-order valence-corrected chi connectivity index (χ0v) is 12.7. The van der Waals surface area contributed by atoms with Gasteiger partial charge in [0.25, 0.3) is 0 Å². The summed E-state index contributed by atoms with van der Waals surface area (Å²) in [6.07, 6.45) is -0.742. The lowest BCUT2D eigenvalue weighted by Gasteiger charge is -2.27. The van der Waals surface area contributed by atoms with Crippen molar-refractivity contribution in [3.8, 4) is 0 Å². The van der Waals surface area contributed by atoms with Crippen LogP contribution in [-0.4, -0.2) is 24.3 Å². The summed E-state index contributed by atoms with van der Waals surface area (Å²) in [4.78, 5) is 15.5. The van der Waals surface area contributed by atoms with E-state index < -0.39 is 12.1 Å². The molecule has 0 aromatic heterocycles. The molecule has 0 saturated carbocycles. The third-order valence-corrected chi connectivity index (χ3v) is 4.36. The molecular weight excluding hydrogens is 288 g/mol. The van der Waals surface area contributed by atoms with Gasteiger partial charge in [0, 0.05) is 12.7 Å². The molecule has 0 bridgehead atoms. The lowest BCUT2D eigenvalue weighted by Crippen LogP contribution is -2.45. The van der Waals surface area contributed by atoms with Crippen molar-refractivity contribution in [1.29, 1.82) is 0 Å². The molecule has 4 nitrogen and oxygen atoms in total. The van der Waals surface area contributed by atoms with Crippen molar-refractivity contribution in [3.05, 3.63) is 66.7 Å². The van der Waals surface area contributed by atoms with Gasteiger partial charge in [0.2, 0.25) is 6.17 Å². The molecule has 0 saturated heterocycles. The van der Waals surface area contributed by atoms with E-state index in [-0.39, 0.29) is 0 Å². The zero-order chi connectivity index (χ0) is 16.0. The summed E-state index contributed by atoms with van der Waals surface area (Å²) in [5.41, 5.74) is 2.72. The predicted molar refractivity (Wildman–Crippen MR) is 92.4 cm³/mol. The van der Waals surface area contributed by atoms with Crippen LogP contribution in [0.4, 0.5) is 17.1 Å². The fourth-order valence-electron chi connectivity index (χ4n) is 3.29. The minimum atomic E-state index is -0.864. The molecule has 0 aliphatic carbocycles. The van der Waals surface area contributed by atoms with Gasteiger partial charge in [-0.05, 0) is 35.0 Å². The van der Waals surface area contributed by atoms with Gasteiger partial charge in [-0.3, -0.25) is 0 Å². The van der Waals surface area contributed by atoms with Gasteiger partial charge >= 0.3 is 5.97 Å². The molecule has 23 heavy (non-hydrogen) atoms. The summed E-state index contributed by atoms with van der Waals surface area (Å²) in [6.45, 7) is 0. The zero-order valence-electron chi connectivity index (χ0n) is 12.7. The Morgan fingerprint density at radius 1 is 0.913 bits per heavy atom. The monoisotopic (exact) mass is 304 g/mol. The highest BCUT2D eigenvalue weighted by atomic mass is 16.4. The number of anilines is 3. The fourth-order valence-corrected chi connectivity index (χ4v) is 3.29. The first kappa shape index (κ1) is 13.6. The molecule has 1 N–H and O–H groups in total. The standard InChI is InChI=1S/C19H16N2O2/c1-20-16-8-4-5-9-17(16)21(18(20)19(22)23)15-11-10-13-6-2-3-7-14(13)12-15/h2-12,18H,1H3,(H,22,23). The summed E-state index contributed by atoms with van der Waals surface area (Å²) in [5, 5.41) is 12.0. The number of para-hydroxylation sites is 2. The smallest absolute Gasteiger partial charge is 0.347 e. The normalized spacial score (nSPS) is 16.7. The van der Waals surface area contributed by atoms with Gasteiger partial charge in [-0.25, -0.2) is 4.79 Å². The predicted octanol–water partition coefficient (Wildman–Crippen LogP) is 3.84. The van der Waals surface area contributed by atoms with Gasteiger partial charge in [0.1, 0.15) is 0 Å². The number of carbonyl (C=O) groups is 1. The molecule has 114 valence electrons. The van der Waals surface area contributed by atoms with Crippen molar-refractivity contribution in [2.45, 2.75) is 6.17 Å². The number of benzene rings is 3. The van der Waals surface area contributed by atoms with Crippen LogP contribution < -0.4 is 9.80 Å². The van der Waals surface area contributed by atoms with E-state index in [0.717, 1.165) is 27.8 Å². The number of rotatable bonds is 2. The molecule has 0 fully saturated rings. The summed E-state index contributed by atoms with van der Waals surface area (Å²) in [7, 11) is 1.82. The van der Waals surface area contributed by atoms with Crippen molar-refractivity contribution in [2.24, 2.45) is 0 Å². The van der Waals surface area contributed by atoms with Crippen LogP contribution in [0, 0.1) is 0 Å². The number of carboxylic acid groups (broad SMARTS) is 1. The van der Waals surface area contributed by atoms with Gasteiger partial charge in [0.15, 0.2) is 0 Å². The number of likely N-dealkylation sites (N-methyl/N-ethyl adjacent to an activating group) is 1. The lowest BCUT2D eigenvalue weighted by atomic mass is 10.1. The van der Waals surface area contributed by atoms with E-state index in [1.807, 2.05) is 72.6 Å². The first-order valence-electron chi connectivity index (χ1n) is 7.49. The SMILES string of the molecule is CN1c2ccccc2N(c2ccc3ccccc3c2)C1C(=O)O. The lowest BCUT2D eigenvalue weighted by molar-refractivity contribution is -0.138. The van der Waals surface area contributed by atoms with Crippen LogP contribution in [0.1, 0.15) is 0 Å². The van der Waals surface area contributed by atoms with Crippen molar-refractivity contribution >= 4 is 33.8 Å². The Morgan fingerprint density at radius 2 is 1.57 bits per heavy atom. The molecule has 0 radical (unpaired) electrons. The largest absolute Gasteiger partial charge is 0.478 e. The Balaban J connectivity index is 1.91. The van der Waals surface area contributed by atoms with Gasteiger partial charge in [-0.1, -0.05) is 42.5 Å². The summed E-state index contributed by atoms with van der Waals surface area (Å²) < 4.78 is 0. The van der Waals surface area contributed by atoms with Crippen LogP contribution in [0.5, 0.6) is 0 Å². The van der Waals surface area contributed by atoms with Crippen molar-refractivity contribution < 1.29 is 9.90 Å². The molecule has 0 spiro atoms. The Hall–Kier alpha value is -3.01. The number of fused-ring (bicyclic) bond motifs is 2. The summed E-state index contributed by atoms with van der Waals surface area (Å²) in [5.74, 6) is -0.864. The van der Waals surface area contributed by atoms with Crippen LogP contribution in [0.3, 0.4) is 0 Å². The van der Waals surface area contributed by atoms with Gasteiger partial charge in [0.05, 0.1) is 11.4 Å². The van der Waals surface area contributed by atoms with Gasteiger partial charge < -0.3 is 14.9 Å². The van der Waals surface area contributed by atoms with E-state index in [0.29, 0.717) is 0 Å². The second-order valence-electron chi connectivity index (χ2n) is 5.71. The maximum atomic E-state index is 11.8. The number of nitrogens with zero attached hydrogens (tertiary/aromatic N) is 2. The number of hydrogen-bond donors (Lipinski definition) is 1. The van der Waals surface area contributed by atoms with Crippen LogP contribution in [0.25, 0.3) is 10.8 Å². The molecule has 1 heterocycles. The van der Waals surface area contributed by atoms with Crippen LogP contribution in [0.15, 0.2) is 66.7 Å². The number of carboxylic acids is 1. The van der Waals surface area contributed by atoms with Crippen LogP contribution in [-0.2, 0) is 4.79 Å². The van der Waals surface area contributed by atoms with E-state index in [1.54, 1.807) is 4.90 Å². The quantitative estimate of drug-likeness (QED) is 0.781. The van der Waals surface area contributed by atoms with E-state index >= 15 is 0 Å². The first-order valence-corrected chi connectivity index (χ1v) is 7.49. The maximum absolute atomic E-state index is 11.8. The van der Waals surface area contributed by atoms with E-state index in [1.165, 1.54) is 0 Å². The topological polar surface area (TPSA) is 43.8 Å². The number of aliphatic carboxylic acids is 1. The highest BCUT2D eigenvalue weighted by Crippen LogP contribution is 2.43.